The number of nitrogens with zero attached hydrogens (tertiary/aromatic N) is 1. The lowest BCUT2D eigenvalue weighted by molar-refractivity contribution is -0.130. The van der Waals surface area contributed by atoms with Gasteiger partial charge in [-0.3, -0.25) is 9.59 Å². The minimum Gasteiger partial charge on any atom is -0.443 e. The van der Waals surface area contributed by atoms with Crippen LogP contribution < -0.4 is 10.9 Å². The second-order valence-corrected chi connectivity index (χ2v) is 7.87. The molecule has 1 atom stereocenters. The fourth-order valence-corrected chi connectivity index (χ4v) is 4.12. The number of amides is 1. The number of hydrogen-bond donors (Lipinski definition) is 2. The summed E-state index contributed by atoms with van der Waals surface area (Å²) in [7, 11) is 0. The smallest absolute Gasteiger partial charge is 0.349 e. The quantitative estimate of drug-likeness (QED) is 0.645. The molecule has 7 nitrogen and oxygen atoms in total. The topological polar surface area (TPSA) is 101 Å². The van der Waals surface area contributed by atoms with Gasteiger partial charge in [-0.25, -0.2) is 9.78 Å². The first-order valence-electron chi connectivity index (χ1n) is 9.00. The molecule has 0 spiro atoms. The number of esters is 1. The molecule has 28 heavy (non-hydrogen) atoms. The zero-order chi connectivity index (χ0) is 19.8. The molecule has 0 radical (unpaired) electrons. The number of carbonyl (C=O) groups excluding carboxylic acids is 2. The molecule has 8 heteroatoms. The molecule has 0 unspecified atom stereocenters. The average molecular weight is 397 g/mol. The highest BCUT2D eigenvalue weighted by Crippen LogP contribution is 2.30. The van der Waals surface area contributed by atoms with Crippen LogP contribution in [0.1, 0.15) is 45.6 Å². The lowest BCUT2D eigenvalue weighted by Crippen LogP contribution is -2.33. The fourth-order valence-electron chi connectivity index (χ4n) is 3.01. The van der Waals surface area contributed by atoms with Crippen molar-refractivity contribution in [2.75, 3.05) is 0 Å². The number of rotatable bonds is 5. The van der Waals surface area contributed by atoms with Crippen molar-refractivity contribution in [2.45, 2.75) is 38.8 Å². The maximum absolute atomic E-state index is 12.9. The summed E-state index contributed by atoms with van der Waals surface area (Å²) in [6, 6.07) is 9.05. The molecule has 1 aliphatic rings. The molecule has 1 amide bonds. The van der Waals surface area contributed by atoms with Crippen LogP contribution in [0.3, 0.4) is 0 Å². The van der Waals surface area contributed by atoms with Gasteiger partial charge in [0.2, 0.25) is 6.10 Å². The minimum atomic E-state index is -1.05. The molecule has 1 fully saturated rings. The van der Waals surface area contributed by atoms with Crippen LogP contribution in [-0.2, 0) is 9.53 Å². The Labute approximate surface area is 164 Å². The SMILES string of the molecule is Cc1nc2sc(C(=O)O[C@@H](C(=O)NC3CC3)c3ccccc3)c(C)c2c(=O)[nH]1. The van der Waals surface area contributed by atoms with Crippen molar-refractivity contribution in [3.8, 4) is 0 Å². The number of nitrogens with one attached hydrogen (secondary N) is 2. The van der Waals surface area contributed by atoms with E-state index in [1.807, 2.05) is 6.07 Å². The highest BCUT2D eigenvalue weighted by atomic mass is 32.1. The summed E-state index contributed by atoms with van der Waals surface area (Å²) in [6.45, 7) is 3.37. The first-order valence-corrected chi connectivity index (χ1v) is 9.82. The molecule has 0 saturated heterocycles. The van der Waals surface area contributed by atoms with Gasteiger partial charge in [-0.2, -0.15) is 0 Å². The van der Waals surface area contributed by atoms with Crippen molar-refractivity contribution in [3.63, 3.8) is 0 Å². The predicted octanol–water partition coefficient (Wildman–Crippen LogP) is 2.78. The van der Waals surface area contributed by atoms with Crippen LogP contribution in [0, 0.1) is 13.8 Å². The van der Waals surface area contributed by atoms with Crippen LogP contribution in [-0.4, -0.2) is 27.9 Å². The molecule has 1 aromatic carbocycles. The Kier molecular flexibility index (Phi) is 4.72. The van der Waals surface area contributed by atoms with Crippen molar-refractivity contribution in [2.24, 2.45) is 0 Å². The number of H-pyrrole nitrogens is 1. The van der Waals surface area contributed by atoms with E-state index in [1.54, 1.807) is 38.1 Å². The predicted molar refractivity (Wildman–Crippen MR) is 105 cm³/mol. The third-order valence-electron chi connectivity index (χ3n) is 4.59. The standard InChI is InChI=1S/C20H19N3O4S/c1-10-14-17(24)21-11(2)22-19(14)28-16(10)20(26)27-15(12-6-4-3-5-7-12)18(25)23-13-8-9-13/h3-7,13,15H,8-9H2,1-2H3,(H,23,25)(H,21,22,24)/t15-/m1/s1. The maximum Gasteiger partial charge on any atom is 0.349 e. The number of thiophene rings is 1. The van der Waals surface area contributed by atoms with Crippen molar-refractivity contribution in [1.82, 2.24) is 15.3 Å². The largest absolute Gasteiger partial charge is 0.443 e. The van der Waals surface area contributed by atoms with Gasteiger partial charge in [-0.15, -0.1) is 11.3 Å². The summed E-state index contributed by atoms with van der Waals surface area (Å²) >= 11 is 1.10. The third-order valence-corrected chi connectivity index (χ3v) is 5.76. The molecular weight excluding hydrogens is 378 g/mol. The summed E-state index contributed by atoms with van der Waals surface area (Å²) in [5.74, 6) is -0.505. The van der Waals surface area contributed by atoms with Crippen molar-refractivity contribution < 1.29 is 14.3 Å². The van der Waals surface area contributed by atoms with Gasteiger partial charge in [-0.1, -0.05) is 30.3 Å². The molecule has 2 heterocycles. The van der Waals surface area contributed by atoms with Crippen molar-refractivity contribution >= 4 is 33.4 Å². The van der Waals surface area contributed by atoms with Crippen LogP contribution in [0.5, 0.6) is 0 Å². The number of aryl methyl sites for hydroxylation is 2. The summed E-state index contributed by atoms with van der Waals surface area (Å²) in [4.78, 5) is 45.5. The number of hydrogen-bond acceptors (Lipinski definition) is 6. The number of carbonyl (C=O) groups is 2. The van der Waals surface area contributed by atoms with Crippen LogP contribution in [0.4, 0.5) is 0 Å². The van der Waals surface area contributed by atoms with Gasteiger partial charge in [0.15, 0.2) is 0 Å². The Bertz CT molecular complexity index is 1120. The zero-order valence-corrected chi connectivity index (χ0v) is 16.3. The van der Waals surface area contributed by atoms with Crippen molar-refractivity contribution in [1.29, 1.82) is 0 Å². The van der Waals surface area contributed by atoms with Gasteiger partial charge in [-0.05, 0) is 32.3 Å². The Morgan fingerprint density at radius 3 is 2.64 bits per heavy atom. The van der Waals surface area contributed by atoms with E-state index in [9.17, 15) is 14.4 Å². The number of aromatic nitrogens is 2. The molecule has 1 aliphatic carbocycles. The van der Waals surface area contributed by atoms with Crippen LogP contribution in [0.2, 0.25) is 0 Å². The first-order chi connectivity index (χ1) is 13.4. The van der Waals surface area contributed by atoms with Crippen LogP contribution in [0.15, 0.2) is 35.1 Å². The summed E-state index contributed by atoms with van der Waals surface area (Å²) in [5, 5.41) is 3.26. The summed E-state index contributed by atoms with van der Waals surface area (Å²) in [5.41, 5.74) is 0.814. The van der Waals surface area contributed by atoms with E-state index in [4.69, 9.17) is 4.74 Å². The lowest BCUT2D eigenvalue weighted by atomic mass is 10.1. The minimum absolute atomic E-state index is 0.147. The molecule has 3 aromatic rings. The molecule has 0 aliphatic heterocycles. The Morgan fingerprint density at radius 1 is 1.25 bits per heavy atom. The summed E-state index contributed by atoms with van der Waals surface area (Å²) in [6.07, 6.45) is 0.821. The van der Waals surface area contributed by atoms with E-state index < -0.39 is 12.1 Å². The Hall–Kier alpha value is -3.00. The molecular formula is C20H19N3O4S. The van der Waals surface area contributed by atoms with E-state index in [-0.39, 0.29) is 22.4 Å². The lowest BCUT2D eigenvalue weighted by Gasteiger charge is -2.17. The van der Waals surface area contributed by atoms with E-state index in [0.717, 1.165) is 24.2 Å². The molecule has 4 rings (SSSR count). The van der Waals surface area contributed by atoms with Gasteiger partial charge in [0.05, 0.1) is 5.39 Å². The maximum atomic E-state index is 12.9. The number of aromatic amines is 1. The molecule has 2 N–H and O–H groups in total. The molecule has 1 saturated carbocycles. The molecule has 2 aromatic heterocycles. The van der Waals surface area contributed by atoms with E-state index in [1.165, 1.54) is 0 Å². The van der Waals surface area contributed by atoms with Crippen LogP contribution >= 0.6 is 11.3 Å². The van der Waals surface area contributed by atoms with Crippen LogP contribution in [0.25, 0.3) is 10.2 Å². The third kappa shape index (κ3) is 3.55. The Balaban J connectivity index is 1.67. The number of ether oxygens (including phenoxy) is 1. The first kappa shape index (κ1) is 18.4. The van der Waals surface area contributed by atoms with Gasteiger partial charge in [0.1, 0.15) is 15.5 Å². The second kappa shape index (κ2) is 7.20. The average Bonchev–Trinajstić information content (AvgIpc) is 3.41. The number of fused-ring (bicyclic) bond motifs is 1. The van der Waals surface area contributed by atoms with Gasteiger partial charge >= 0.3 is 5.97 Å². The van der Waals surface area contributed by atoms with Crippen molar-refractivity contribution in [3.05, 3.63) is 62.5 Å². The Morgan fingerprint density at radius 2 is 1.96 bits per heavy atom. The highest BCUT2D eigenvalue weighted by Gasteiger charge is 2.32. The molecule has 144 valence electrons. The number of benzene rings is 1. The van der Waals surface area contributed by atoms with E-state index in [2.05, 4.69) is 15.3 Å². The van der Waals surface area contributed by atoms with Gasteiger partial charge < -0.3 is 15.0 Å². The van der Waals surface area contributed by atoms with E-state index in [0.29, 0.717) is 27.2 Å². The normalized spacial score (nSPS) is 14.6. The van der Waals surface area contributed by atoms with Gasteiger partial charge in [0.25, 0.3) is 11.5 Å². The van der Waals surface area contributed by atoms with E-state index >= 15 is 0 Å². The second-order valence-electron chi connectivity index (χ2n) is 6.87. The summed E-state index contributed by atoms with van der Waals surface area (Å²) < 4.78 is 5.61. The zero-order valence-electron chi connectivity index (χ0n) is 15.4. The monoisotopic (exact) mass is 397 g/mol. The highest BCUT2D eigenvalue weighted by molar-refractivity contribution is 7.20. The molecule has 0 bridgehead atoms. The fraction of sp³-hybridized carbons (Fsp3) is 0.300. The van der Waals surface area contributed by atoms with Gasteiger partial charge in [0, 0.05) is 11.6 Å².